The highest BCUT2D eigenvalue weighted by molar-refractivity contribution is 6.99. The van der Waals surface area contributed by atoms with Crippen LogP contribution in [0, 0.1) is 0 Å². The minimum absolute atomic E-state index is 0.00981. The van der Waals surface area contributed by atoms with Gasteiger partial charge in [-0.15, -0.1) is 0 Å². The van der Waals surface area contributed by atoms with Gasteiger partial charge in [0.2, 0.25) is 0 Å². The predicted octanol–water partition coefficient (Wildman–Crippen LogP) is 2.45. The molecular weight excluding hydrogens is 464 g/mol. The topological polar surface area (TPSA) is 86.6 Å². The van der Waals surface area contributed by atoms with Crippen LogP contribution in [0.1, 0.15) is 20.8 Å². The van der Waals surface area contributed by atoms with E-state index >= 15 is 0 Å². The summed E-state index contributed by atoms with van der Waals surface area (Å²) in [5.74, 6) is 0. The predicted molar refractivity (Wildman–Crippen MR) is 139 cm³/mol. The Morgan fingerprint density at radius 1 is 0.886 bits per heavy atom. The molecule has 35 heavy (non-hydrogen) atoms. The van der Waals surface area contributed by atoms with Crippen LogP contribution in [0.3, 0.4) is 0 Å². The van der Waals surface area contributed by atoms with E-state index in [4.69, 9.17) is 23.4 Å². The second-order valence-corrected chi connectivity index (χ2v) is 13.7. The summed E-state index contributed by atoms with van der Waals surface area (Å²) in [7, 11) is 0.188. The van der Waals surface area contributed by atoms with Crippen LogP contribution in [-0.4, -0.2) is 77.9 Å². The van der Waals surface area contributed by atoms with Crippen LogP contribution in [0.4, 0.5) is 0 Å². The second kappa shape index (κ2) is 14.0. The standard InChI is InChI=1S/C27H40O7Si/c1-21(24(29)17-28)26(33-20-31-6)25(32-19-30-5)18-34-35(27(2,3)4,22-13-9-7-10-14-22)23-15-11-8-12-16-23/h7-16,24-26,28-29H,1,17-20H2,2-6H3/t24-,25+,26+/m0/s1. The minimum atomic E-state index is -2.85. The average Bonchev–Trinajstić information content (AvgIpc) is 2.86. The molecule has 0 unspecified atom stereocenters. The van der Waals surface area contributed by atoms with Crippen molar-refractivity contribution in [1.29, 1.82) is 0 Å². The third-order valence-electron chi connectivity index (χ3n) is 5.95. The number of rotatable bonds is 15. The van der Waals surface area contributed by atoms with Crippen LogP contribution in [-0.2, 0) is 23.4 Å². The molecule has 0 saturated heterocycles. The third-order valence-corrected chi connectivity index (χ3v) is 11.0. The van der Waals surface area contributed by atoms with Crippen molar-refractivity contribution >= 4 is 18.7 Å². The van der Waals surface area contributed by atoms with Gasteiger partial charge < -0.3 is 33.6 Å². The van der Waals surface area contributed by atoms with Gasteiger partial charge in [0.25, 0.3) is 8.32 Å². The Bertz CT molecular complexity index is 831. The molecule has 2 N–H and O–H groups in total. The van der Waals surface area contributed by atoms with E-state index in [9.17, 15) is 10.2 Å². The molecule has 7 nitrogen and oxygen atoms in total. The summed E-state index contributed by atoms with van der Waals surface area (Å²) in [4.78, 5) is 0. The van der Waals surface area contributed by atoms with Gasteiger partial charge in [-0.1, -0.05) is 88.0 Å². The van der Waals surface area contributed by atoms with Gasteiger partial charge in [0.05, 0.1) is 13.2 Å². The summed E-state index contributed by atoms with van der Waals surface area (Å²) in [5, 5.41) is 21.8. The van der Waals surface area contributed by atoms with Gasteiger partial charge in [-0.3, -0.25) is 0 Å². The number of hydrogen-bond acceptors (Lipinski definition) is 7. The normalized spacial score (nSPS) is 14.9. The SMILES string of the molecule is C=C([C@@H](OCOC)[C@@H](CO[Si](c1ccccc1)(c1ccccc1)C(C)(C)C)OCOC)[C@@H](O)CO. The van der Waals surface area contributed by atoms with E-state index < -0.39 is 33.2 Å². The molecular formula is C27H40O7Si. The Morgan fingerprint density at radius 3 is 1.80 bits per heavy atom. The van der Waals surface area contributed by atoms with Crippen LogP contribution in [0.2, 0.25) is 5.04 Å². The molecule has 2 rings (SSSR count). The monoisotopic (exact) mass is 504 g/mol. The number of hydrogen-bond donors (Lipinski definition) is 2. The Morgan fingerprint density at radius 2 is 1.37 bits per heavy atom. The van der Waals surface area contributed by atoms with Crippen molar-refractivity contribution < 1.29 is 33.6 Å². The molecule has 0 spiro atoms. The Balaban J connectivity index is 2.54. The number of aliphatic hydroxyl groups is 2. The molecule has 0 fully saturated rings. The van der Waals surface area contributed by atoms with Gasteiger partial charge in [0.15, 0.2) is 0 Å². The van der Waals surface area contributed by atoms with Gasteiger partial charge in [-0.2, -0.15) is 0 Å². The number of methoxy groups -OCH3 is 2. The van der Waals surface area contributed by atoms with Crippen molar-refractivity contribution in [3.8, 4) is 0 Å². The van der Waals surface area contributed by atoms with Crippen molar-refractivity contribution in [2.45, 2.75) is 44.1 Å². The summed E-state index contributed by atoms with van der Waals surface area (Å²) >= 11 is 0. The maximum atomic E-state index is 10.3. The Kier molecular flexibility index (Phi) is 11.7. The Labute approximate surface area is 210 Å². The van der Waals surface area contributed by atoms with Crippen molar-refractivity contribution in [2.24, 2.45) is 0 Å². The van der Waals surface area contributed by atoms with Crippen molar-refractivity contribution in [3.05, 3.63) is 72.8 Å². The first-order chi connectivity index (χ1) is 16.7. The summed E-state index contributed by atoms with van der Waals surface area (Å²) < 4.78 is 29.1. The van der Waals surface area contributed by atoms with Crippen molar-refractivity contribution in [2.75, 3.05) is 41.0 Å². The number of aliphatic hydroxyl groups excluding tert-OH is 2. The van der Waals surface area contributed by atoms with E-state index in [2.05, 4.69) is 51.6 Å². The highest BCUT2D eigenvalue weighted by Crippen LogP contribution is 2.37. The largest absolute Gasteiger partial charge is 0.405 e. The van der Waals surface area contributed by atoms with Gasteiger partial charge in [0, 0.05) is 14.2 Å². The first kappa shape index (κ1) is 29.3. The fraction of sp³-hybridized carbons (Fsp3) is 0.481. The van der Waals surface area contributed by atoms with Crippen molar-refractivity contribution in [3.63, 3.8) is 0 Å². The van der Waals surface area contributed by atoms with E-state index in [0.29, 0.717) is 0 Å². The van der Waals surface area contributed by atoms with Crippen LogP contribution >= 0.6 is 0 Å². The molecule has 3 atom stereocenters. The molecule has 0 radical (unpaired) electrons. The summed E-state index contributed by atoms with van der Waals surface area (Å²) in [6.45, 7) is 10.1. The lowest BCUT2D eigenvalue weighted by atomic mass is 10.0. The maximum Gasteiger partial charge on any atom is 0.261 e. The molecule has 8 heteroatoms. The van der Waals surface area contributed by atoms with Crippen molar-refractivity contribution in [1.82, 2.24) is 0 Å². The highest BCUT2D eigenvalue weighted by atomic mass is 28.4. The lowest BCUT2D eigenvalue weighted by Gasteiger charge is -2.44. The second-order valence-electron chi connectivity index (χ2n) is 9.35. The maximum absolute atomic E-state index is 10.3. The quantitative estimate of drug-likeness (QED) is 0.219. The highest BCUT2D eigenvalue weighted by Gasteiger charge is 2.50. The zero-order valence-corrected chi connectivity index (χ0v) is 22.5. The Hall–Kier alpha value is -1.88. The van der Waals surface area contributed by atoms with E-state index in [1.807, 2.05) is 36.4 Å². The summed E-state index contributed by atoms with van der Waals surface area (Å²) in [6.07, 6.45) is -2.66. The first-order valence-corrected chi connectivity index (χ1v) is 13.6. The van der Waals surface area contributed by atoms with Crippen LogP contribution in [0.5, 0.6) is 0 Å². The fourth-order valence-corrected chi connectivity index (χ4v) is 8.82. The van der Waals surface area contributed by atoms with Gasteiger partial charge in [-0.05, 0) is 21.0 Å². The fourth-order valence-electron chi connectivity index (χ4n) is 4.25. The smallest absolute Gasteiger partial charge is 0.261 e. The molecule has 0 bridgehead atoms. The first-order valence-electron chi connectivity index (χ1n) is 11.7. The molecule has 0 aromatic heterocycles. The lowest BCUT2D eigenvalue weighted by molar-refractivity contribution is -0.158. The van der Waals surface area contributed by atoms with Gasteiger partial charge in [-0.25, -0.2) is 0 Å². The minimum Gasteiger partial charge on any atom is -0.405 e. The van der Waals surface area contributed by atoms with E-state index in [-0.39, 0.29) is 30.8 Å². The van der Waals surface area contributed by atoms with Gasteiger partial charge >= 0.3 is 0 Å². The molecule has 0 aliphatic rings. The molecule has 2 aromatic carbocycles. The van der Waals surface area contributed by atoms with E-state index in [1.165, 1.54) is 14.2 Å². The van der Waals surface area contributed by atoms with Crippen LogP contribution < -0.4 is 10.4 Å². The molecule has 194 valence electrons. The molecule has 0 amide bonds. The lowest BCUT2D eigenvalue weighted by Crippen LogP contribution is -2.67. The van der Waals surface area contributed by atoms with Gasteiger partial charge in [0.1, 0.15) is 31.9 Å². The number of benzene rings is 2. The molecule has 0 aliphatic carbocycles. The summed E-state index contributed by atoms with van der Waals surface area (Å²) in [5.41, 5.74) is 0.275. The average molecular weight is 505 g/mol. The zero-order chi connectivity index (χ0) is 25.9. The zero-order valence-electron chi connectivity index (χ0n) is 21.5. The summed E-state index contributed by atoms with van der Waals surface area (Å²) in [6, 6.07) is 20.6. The van der Waals surface area contributed by atoms with Crippen LogP contribution in [0.25, 0.3) is 0 Å². The van der Waals surface area contributed by atoms with E-state index in [0.717, 1.165) is 10.4 Å². The molecule has 0 aliphatic heterocycles. The third kappa shape index (κ3) is 7.31. The molecule has 2 aromatic rings. The molecule has 0 saturated carbocycles. The van der Waals surface area contributed by atoms with E-state index in [1.54, 1.807) is 0 Å². The molecule has 0 heterocycles. The number of ether oxygens (including phenoxy) is 4. The van der Waals surface area contributed by atoms with Crippen LogP contribution in [0.15, 0.2) is 72.8 Å².